The van der Waals surface area contributed by atoms with E-state index in [1.54, 1.807) is 65.8 Å². The lowest BCUT2D eigenvalue weighted by Crippen LogP contribution is -2.59. The molecule has 0 spiro atoms. The largest absolute Gasteiger partial charge is 0.443 e. The van der Waals surface area contributed by atoms with Gasteiger partial charge >= 0.3 is 12.2 Å². The van der Waals surface area contributed by atoms with E-state index in [1.807, 2.05) is 12.2 Å². The fourth-order valence-electron chi connectivity index (χ4n) is 11.3. The van der Waals surface area contributed by atoms with Crippen LogP contribution in [0.1, 0.15) is 146 Å². The van der Waals surface area contributed by atoms with Gasteiger partial charge in [-0.05, 0) is 153 Å². The number of nitrogens with zero attached hydrogens (tertiary/aromatic N) is 6. The first-order valence-corrected chi connectivity index (χ1v) is 61.0. The van der Waals surface area contributed by atoms with Crippen LogP contribution in [0.5, 0.6) is 0 Å². The first kappa shape index (κ1) is 103. The van der Waals surface area contributed by atoms with Gasteiger partial charge in [0.15, 0.2) is 0 Å². The van der Waals surface area contributed by atoms with E-state index in [-0.39, 0.29) is 18.4 Å². The van der Waals surface area contributed by atoms with Crippen molar-refractivity contribution in [3.8, 4) is 0 Å². The Bertz CT molecular complexity index is 2620. The zero-order valence-electron chi connectivity index (χ0n) is 67.2. The second-order valence-electron chi connectivity index (χ2n) is 32.7. The monoisotopic (exact) mass is 1950 g/mol. The molecule has 0 unspecified atom stereocenters. The molecule has 0 atom stereocenters. The summed E-state index contributed by atoms with van der Waals surface area (Å²) in [5.74, 6) is -0.340. The first-order chi connectivity index (χ1) is 47.3. The standard InChI is InChI=1S/C17H20BrN.C13H24BrNO4.C11H10BrNO2.C10H23BrSi.C9H22BrNSi2.C9H24BrNSi2.C9H16BrN/c18-12-7-13-19(14-16-8-3-1-4-9-16)15-17-10-5-2-6-11-17;1-12(2,3)18-10(16)15(9-7-8-14)11(17)19-13(4,5)6;12-6-3-7-13-10(14)8-4-1-2-5-9(8)11(13)15;1-10(2,3)12(4,5)9-7-6-8-11;1-12(2)8-9-13(3,4)11(12)7-5-6-10;1-12(2,3)11(9-7-8-10)13(4,5)6;1-3-7-11(8-4-2)9-5-6-10/h1-6,8-11H,7,12-15H2;7-9H2,1-6H3;1-2,4-5H,3,6-7H2;6-9H2,1-5H3;5-9H2,1-4H3;7-9H2,1-6H3;3-4H,1-2,5-9H2. The van der Waals surface area contributed by atoms with Gasteiger partial charge in [0.1, 0.15) is 44.1 Å². The minimum atomic E-state index is -1.09. The predicted molar refractivity (Wildman–Crippen MR) is 485 cm³/mol. The highest BCUT2D eigenvalue weighted by Crippen LogP contribution is 2.40. The molecule has 102 heavy (non-hydrogen) atoms. The number of ether oxygens (including phenoxy) is 2. The Hall–Kier alpha value is -0.696. The number of carbonyl (C=O) groups excluding carboxylic acids is 4. The zero-order chi connectivity index (χ0) is 78.6. The fraction of sp³-hybridized carbons (Fsp3) is 0.667. The molecule has 0 radical (unpaired) electrons. The molecule has 24 heteroatoms. The molecule has 3 aromatic rings. The summed E-state index contributed by atoms with van der Waals surface area (Å²) in [5, 5.41) is 7.65. The number of imide groups is 2. The second-order valence-corrected chi connectivity index (χ2v) is 64.0. The van der Waals surface area contributed by atoms with Gasteiger partial charge in [0.05, 0.1) is 19.2 Å². The maximum Gasteiger partial charge on any atom is 0.419 e. The van der Waals surface area contributed by atoms with Crippen molar-refractivity contribution in [2.24, 2.45) is 0 Å². The molecular formula is C78H139Br7N6O6Si5. The third-order valence-corrected chi connectivity index (χ3v) is 45.1. The van der Waals surface area contributed by atoms with Crippen LogP contribution in [0.3, 0.4) is 0 Å². The van der Waals surface area contributed by atoms with E-state index in [0.29, 0.717) is 34.5 Å². The summed E-state index contributed by atoms with van der Waals surface area (Å²) < 4.78 is 16.2. The van der Waals surface area contributed by atoms with E-state index < -0.39 is 64.4 Å². The van der Waals surface area contributed by atoms with E-state index in [2.05, 4.69) is 303 Å². The molecule has 0 aromatic heterocycles. The van der Waals surface area contributed by atoms with Gasteiger partial charge in [-0.25, -0.2) is 14.5 Å². The van der Waals surface area contributed by atoms with Crippen molar-refractivity contribution in [3.63, 3.8) is 0 Å². The van der Waals surface area contributed by atoms with Gasteiger partial charge in [0.25, 0.3) is 11.8 Å². The molecule has 586 valence electrons. The maximum absolute atomic E-state index is 12.0. The number of benzene rings is 3. The highest BCUT2D eigenvalue weighted by Gasteiger charge is 2.46. The number of amides is 4. The second kappa shape index (κ2) is 54.0. The summed E-state index contributed by atoms with van der Waals surface area (Å²) in [6, 6.07) is 32.9. The normalized spacial score (nSPS) is 14.2. The van der Waals surface area contributed by atoms with Gasteiger partial charge in [-0.2, -0.15) is 0 Å². The molecule has 0 saturated carbocycles. The minimum absolute atomic E-state index is 0.170. The number of alkyl halides is 7. The van der Waals surface area contributed by atoms with Crippen LogP contribution in [0.4, 0.5) is 9.59 Å². The molecule has 0 bridgehead atoms. The van der Waals surface area contributed by atoms with Gasteiger partial charge in [0, 0.05) is 76.6 Å². The lowest BCUT2D eigenvalue weighted by Gasteiger charge is -2.43. The molecule has 5 rings (SSSR count). The first-order valence-electron chi connectivity index (χ1n) is 36.8. The van der Waals surface area contributed by atoms with Gasteiger partial charge < -0.3 is 17.9 Å². The highest BCUT2D eigenvalue weighted by atomic mass is 79.9. The molecule has 2 aliphatic rings. The Morgan fingerprint density at radius 3 is 1.17 bits per heavy atom. The van der Waals surface area contributed by atoms with Crippen LogP contribution >= 0.6 is 112 Å². The average Bonchev–Trinajstić information content (AvgIpc) is 1.64. The Morgan fingerprint density at radius 2 is 0.824 bits per heavy atom. The lowest BCUT2D eigenvalue weighted by molar-refractivity contribution is 0.00149. The molecule has 12 nitrogen and oxygen atoms in total. The number of halogens is 7. The number of hydrogen-bond donors (Lipinski definition) is 0. The Balaban J connectivity index is 0. The van der Waals surface area contributed by atoms with E-state index in [1.165, 1.54) is 96.4 Å². The summed E-state index contributed by atoms with van der Waals surface area (Å²) in [5.41, 5.74) is 2.52. The zero-order valence-corrected chi connectivity index (χ0v) is 83.3. The van der Waals surface area contributed by atoms with Crippen LogP contribution in [0.2, 0.25) is 102 Å². The predicted octanol–water partition coefficient (Wildman–Crippen LogP) is 24.8. The fourth-order valence-corrected chi connectivity index (χ4v) is 39.0. The number of fused-ring (bicyclic) bond motifs is 1. The molecule has 1 saturated heterocycles. The molecule has 3 aromatic carbocycles. The molecule has 4 amide bonds. The number of rotatable bonds is 32. The Morgan fingerprint density at radius 1 is 0.480 bits per heavy atom. The van der Waals surface area contributed by atoms with Crippen LogP contribution in [0.25, 0.3) is 0 Å². The van der Waals surface area contributed by atoms with Crippen molar-refractivity contribution >= 4 is 177 Å². The summed E-state index contributed by atoms with van der Waals surface area (Å²) >= 11 is 24.0. The van der Waals surface area contributed by atoms with Crippen molar-refractivity contribution in [1.82, 2.24) is 28.1 Å². The smallest absolute Gasteiger partial charge is 0.419 e. The number of hydrogen-bond acceptors (Lipinski definition) is 10. The van der Waals surface area contributed by atoms with E-state index in [9.17, 15) is 19.2 Å². The summed E-state index contributed by atoms with van der Waals surface area (Å²) in [6.07, 6.45) is 11.6. The number of carbonyl (C=O) groups is 4. The third-order valence-electron chi connectivity index (χ3n) is 17.3. The van der Waals surface area contributed by atoms with Crippen molar-refractivity contribution in [1.29, 1.82) is 0 Å². The molecule has 1 fully saturated rings. The van der Waals surface area contributed by atoms with Crippen molar-refractivity contribution in [2.75, 3.05) is 89.7 Å². The molecular weight excluding hydrogens is 1820 g/mol. The molecule has 2 heterocycles. The summed E-state index contributed by atoms with van der Waals surface area (Å²) in [4.78, 5) is 54.7. The van der Waals surface area contributed by atoms with Crippen LogP contribution in [-0.2, 0) is 22.6 Å². The van der Waals surface area contributed by atoms with Gasteiger partial charge in [0.2, 0.25) is 0 Å². The van der Waals surface area contributed by atoms with E-state index in [0.717, 1.165) is 71.9 Å². The summed E-state index contributed by atoms with van der Waals surface area (Å²) in [6.45, 7) is 64.6. The van der Waals surface area contributed by atoms with Crippen LogP contribution in [-0.4, -0.2) is 194 Å². The van der Waals surface area contributed by atoms with Crippen molar-refractivity contribution in [3.05, 3.63) is 132 Å². The maximum atomic E-state index is 12.0. The lowest BCUT2D eigenvalue weighted by atomic mass is 10.1. The highest BCUT2D eigenvalue weighted by molar-refractivity contribution is 9.10. The van der Waals surface area contributed by atoms with Crippen molar-refractivity contribution < 1.29 is 28.7 Å². The van der Waals surface area contributed by atoms with Crippen LogP contribution in [0.15, 0.2) is 110 Å². The number of unbranched alkanes of at least 4 members (excludes halogenated alkanes) is 1. The van der Waals surface area contributed by atoms with Gasteiger partial charge in [-0.3, -0.25) is 24.3 Å². The molecule has 0 aliphatic carbocycles. The molecule has 2 aliphatic heterocycles. The molecule has 0 N–H and O–H groups in total. The Kier molecular flexibility index (Phi) is 54.7. The summed E-state index contributed by atoms with van der Waals surface area (Å²) in [7, 11) is -5.07. The van der Waals surface area contributed by atoms with E-state index >= 15 is 0 Å². The minimum Gasteiger partial charge on any atom is -0.443 e. The third kappa shape index (κ3) is 46.1. The van der Waals surface area contributed by atoms with E-state index in [4.69, 9.17) is 9.47 Å². The average molecular weight is 1960 g/mol. The van der Waals surface area contributed by atoms with Crippen LogP contribution < -0.4 is 0 Å². The SMILES string of the molecule is BrCCCN(Cc1ccccc1)Cc1ccccc1.C=CCN(CC=C)CCCBr.CC(C)(C)OC(=O)N(CCCBr)C(=O)OC(C)(C)C.CC(C)(C)[Si](C)(C)CCCCBr.C[Si](C)(C)N(CCCBr)[Si](C)(C)C.C[Si]1(C)CC[Si](C)(C)N1CCCBr.O=C1c2ccccc2C(=O)N1CCCBr. The quantitative estimate of drug-likeness (QED) is 0.0197. The van der Waals surface area contributed by atoms with Crippen molar-refractivity contribution in [2.45, 2.75) is 240 Å². The van der Waals surface area contributed by atoms with Gasteiger partial charge in [-0.15, -0.1) is 13.2 Å². The topological polar surface area (TPSA) is 106 Å². The Labute approximate surface area is 688 Å². The van der Waals surface area contributed by atoms with Gasteiger partial charge in [-0.1, -0.05) is 308 Å². The van der Waals surface area contributed by atoms with Crippen LogP contribution in [0, 0.1) is 0 Å².